The molecule has 0 amide bonds. The van der Waals surface area contributed by atoms with E-state index in [9.17, 15) is 4.79 Å². The summed E-state index contributed by atoms with van der Waals surface area (Å²) in [4.78, 5) is 13.7. The van der Waals surface area contributed by atoms with Gasteiger partial charge in [-0.3, -0.25) is 4.79 Å². The SMILES string of the molecule is [2H][13C]([2H])([13C](=O)O)n1cncn1. The van der Waals surface area contributed by atoms with E-state index in [0.29, 0.717) is 4.68 Å². The summed E-state index contributed by atoms with van der Waals surface area (Å²) < 4.78 is 14.6. The van der Waals surface area contributed by atoms with Crippen LogP contribution in [-0.4, -0.2) is 25.8 Å². The number of aliphatic carboxylic acids is 1. The second-order valence-electron chi connectivity index (χ2n) is 1.26. The number of hydrogen-bond donors (Lipinski definition) is 1. The third kappa shape index (κ3) is 1.52. The molecule has 0 bridgehead atoms. The van der Waals surface area contributed by atoms with Crippen molar-refractivity contribution in [1.29, 1.82) is 0 Å². The first-order chi connectivity index (χ1) is 5.05. The van der Waals surface area contributed by atoms with Crippen LogP contribution in [-0.2, 0) is 11.3 Å². The molecule has 0 spiro atoms. The molecule has 0 fully saturated rings. The van der Waals surface area contributed by atoms with Gasteiger partial charge in [0, 0.05) is 0 Å². The molecule has 5 heteroatoms. The van der Waals surface area contributed by atoms with Gasteiger partial charge in [-0.05, 0) is 0 Å². The normalized spacial score (nSPS) is 14.2. The lowest BCUT2D eigenvalue weighted by Gasteiger charge is -1.89. The molecule has 48 valence electrons. The zero-order valence-corrected chi connectivity index (χ0v) is 4.35. The number of hydrogen-bond acceptors (Lipinski definition) is 3. The van der Waals surface area contributed by atoms with Gasteiger partial charge in [-0.1, -0.05) is 0 Å². The monoisotopic (exact) mass is 131 g/mol. The first kappa shape index (κ1) is 3.60. The highest BCUT2D eigenvalue weighted by molar-refractivity contribution is 5.66. The van der Waals surface area contributed by atoms with E-state index in [1.54, 1.807) is 0 Å². The Hall–Kier alpha value is -1.39. The second kappa shape index (κ2) is 2.25. The summed E-state index contributed by atoms with van der Waals surface area (Å²) in [6, 6.07) is 0. The molecule has 1 aromatic rings. The molecule has 0 aromatic carbocycles. The number of nitrogens with zero attached hydrogens (tertiary/aromatic N) is 3. The Kier molecular flexibility index (Phi) is 0.901. The Labute approximate surface area is 53.8 Å². The summed E-state index contributed by atoms with van der Waals surface area (Å²) in [5.41, 5.74) is 0. The maximum atomic E-state index is 10.3. The van der Waals surface area contributed by atoms with Gasteiger partial charge < -0.3 is 5.11 Å². The average molecular weight is 131 g/mol. The molecule has 0 saturated heterocycles. The summed E-state index contributed by atoms with van der Waals surface area (Å²) in [7, 11) is 0. The molecule has 0 aliphatic heterocycles. The summed E-state index contributed by atoms with van der Waals surface area (Å²) in [5, 5.41) is 11.7. The quantitative estimate of drug-likeness (QED) is 0.542. The van der Waals surface area contributed by atoms with Crippen LogP contribution in [0, 0.1) is 0 Å². The van der Waals surface area contributed by atoms with Crippen molar-refractivity contribution in [2.45, 2.75) is 6.50 Å². The van der Waals surface area contributed by atoms with Gasteiger partial charge in [-0.2, -0.15) is 5.10 Å². The van der Waals surface area contributed by atoms with Crippen LogP contribution in [0.1, 0.15) is 2.74 Å². The highest BCUT2D eigenvalue weighted by Crippen LogP contribution is 1.77. The molecular formula is C4H5N3O2. The standard InChI is InChI=1S/C4H5N3O2/c8-4(9)1-7-3-5-2-6-7/h2-3H,1H2,(H,8,9)/i1+1D2,4+1. The van der Waals surface area contributed by atoms with Crippen LogP contribution < -0.4 is 0 Å². The maximum absolute atomic E-state index is 10.3. The van der Waals surface area contributed by atoms with Gasteiger partial charge in [0.1, 0.15) is 19.2 Å². The zero-order valence-electron chi connectivity index (χ0n) is 6.35. The van der Waals surface area contributed by atoms with Gasteiger partial charge in [0.2, 0.25) is 0 Å². The molecule has 1 heterocycles. The second-order valence-corrected chi connectivity index (χ2v) is 1.26. The first-order valence-electron chi connectivity index (χ1n) is 3.13. The van der Waals surface area contributed by atoms with Gasteiger partial charge in [-0.25, -0.2) is 9.67 Å². The predicted octanol–water partition coefficient (Wildman–Crippen LogP) is -0.637. The highest BCUT2D eigenvalue weighted by Gasteiger charge is 1.96. The van der Waals surface area contributed by atoms with Crippen LogP contribution in [0.25, 0.3) is 0 Å². The number of rotatable bonds is 2. The van der Waals surface area contributed by atoms with Gasteiger partial charge in [0.25, 0.3) is 0 Å². The average Bonchev–Trinajstić information content (AvgIpc) is 2.37. The lowest BCUT2D eigenvalue weighted by atomic mass is 11.3. The van der Waals surface area contributed by atoms with Crippen LogP contribution in [0.4, 0.5) is 0 Å². The summed E-state index contributed by atoms with van der Waals surface area (Å²) >= 11 is 0. The fourth-order valence-electron chi connectivity index (χ4n) is 0.364. The molecule has 0 aliphatic carbocycles. The van der Waals surface area contributed by atoms with E-state index in [1.807, 2.05) is 0 Å². The Morgan fingerprint density at radius 1 is 2.00 bits per heavy atom. The lowest BCUT2D eigenvalue weighted by Crippen LogP contribution is -2.08. The van der Waals surface area contributed by atoms with Gasteiger partial charge in [0.15, 0.2) is 0 Å². The molecule has 0 unspecified atom stereocenters. The minimum Gasteiger partial charge on any atom is -0.480 e. The predicted molar refractivity (Wildman–Crippen MR) is 27.7 cm³/mol. The van der Waals surface area contributed by atoms with Crippen LogP contribution in [0.5, 0.6) is 0 Å². The van der Waals surface area contributed by atoms with Crippen molar-refractivity contribution >= 4 is 5.97 Å². The van der Waals surface area contributed by atoms with Gasteiger partial charge in [0.05, 0.1) is 2.74 Å². The van der Waals surface area contributed by atoms with Crippen LogP contribution in [0.2, 0.25) is 0 Å². The van der Waals surface area contributed by atoms with Crippen molar-refractivity contribution in [2.75, 3.05) is 0 Å². The molecule has 0 aliphatic rings. The molecular weight excluding hydrogens is 124 g/mol. The third-order valence-corrected chi connectivity index (χ3v) is 0.629. The van der Waals surface area contributed by atoms with Crippen LogP contribution >= 0.6 is 0 Å². The first-order valence-corrected chi connectivity index (χ1v) is 2.13. The van der Waals surface area contributed by atoms with E-state index in [0.717, 1.165) is 12.7 Å². The molecule has 5 nitrogen and oxygen atoms in total. The molecule has 0 radical (unpaired) electrons. The van der Waals surface area contributed by atoms with Gasteiger partial charge in [-0.15, -0.1) is 0 Å². The maximum Gasteiger partial charge on any atom is 0.325 e. The number of carbonyl (C=O) groups is 1. The van der Waals surface area contributed by atoms with E-state index >= 15 is 0 Å². The van der Waals surface area contributed by atoms with Crippen molar-refractivity contribution in [3.8, 4) is 0 Å². The molecule has 0 atom stereocenters. The lowest BCUT2D eigenvalue weighted by molar-refractivity contribution is -0.137. The van der Waals surface area contributed by atoms with Crippen molar-refractivity contribution in [3.05, 3.63) is 12.7 Å². The number of aromatic nitrogens is 3. The number of carboxylic acid groups (broad SMARTS) is 1. The van der Waals surface area contributed by atoms with Crippen LogP contribution in [0.3, 0.4) is 0 Å². The summed E-state index contributed by atoms with van der Waals surface area (Å²) in [6.07, 6.45) is 2.08. The number of carboxylic acids is 1. The van der Waals surface area contributed by atoms with E-state index in [-0.39, 0.29) is 0 Å². The van der Waals surface area contributed by atoms with E-state index in [4.69, 9.17) is 7.85 Å². The minimum absolute atomic E-state index is 0.634. The molecule has 1 rings (SSSR count). The molecule has 0 saturated carbocycles. The fraction of sp³-hybridized carbons (Fsp3) is 0.250. The smallest absolute Gasteiger partial charge is 0.325 e. The molecule has 1 aromatic heterocycles. The van der Waals surface area contributed by atoms with E-state index < -0.39 is 12.5 Å². The Balaban J connectivity index is 3.00. The topological polar surface area (TPSA) is 68.0 Å². The Morgan fingerprint density at radius 2 is 2.78 bits per heavy atom. The fourth-order valence-corrected chi connectivity index (χ4v) is 0.364. The molecule has 9 heavy (non-hydrogen) atoms. The van der Waals surface area contributed by atoms with Crippen LogP contribution in [0.15, 0.2) is 12.7 Å². The van der Waals surface area contributed by atoms with Crippen molar-refractivity contribution in [2.24, 2.45) is 0 Å². The summed E-state index contributed by atoms with van der Waals surface area (Å²) in [6.45, 7) is -2.52. The third-order valence-electron chi connectivity index (χ3n) is 0.629. The van der Waals surface area contributed by atoms with Crippen molar-refractivity contribution in [1.82, 2.24) is 14.8 Å². The van der Waals surface area contributed by atoms with Crippen molar-refractivity contribution < 1.29 is 12.6 Å². The highest BCUT2D eigenvalue weighted by atomic mass is 16.5. The van der Waals surface area contributed by atoms with Gasteiger partial charge >= 0.3 is 5.97 Å². The van der Waals surface area contributed by atoms with E-state index in [2.05, 4.69) is 10.1 Å². The Bertz CT molecular complexity index is 258. The Morgan fingerprint density at radius 3 is 3.22 bits per heavy atom. The summed E-state index contributed by atoms with van der Waals surface area (Å²) in [5.74, 6) is -1.59. The zero-order chi connectivity index (χ0) is 8.48. The van der Waals surface area contributed by atoms with Crippen molar-refractivity contribution in [3.63, 3.8) is 0 Å². The van der Waals surface area contributed by atoms with E-state index in [1.165, 1.54) is 0 Å². The minimum atomic E-state index is -2.52. The molecule has 1 N–H and O–H groups in total. The largest absolute Gasteiger partial charge is 0.480 e.